The van der Waals surface area contributed by atoms with Gasteiger partial charge < -0.3 is 10.2 Å². The van der Waals surface area contributed by atoms with E-state index in [-0.39, 0.29) is 0 Å². The lowest BCUT2D eigenvalue weighted by atomic mass is 9.91. The third-order valence-corrected chi connectivity index (χ3v) is 4.53. The molecule has 0 bridgehead atoms. The minimum atomic E-state index is 0.354. The number of phenols is 2. The monoisotopic (exact) mass is 318 g/mol. The van der Waals surface area contributed by atoms with Crippen molar-refractivity contribution in [2.24, 2.45) is 0 Å². The van der Waals surface area contributed by atoms with Crippen molar-refractivity contribution in [2.75, 3.05) is 0 Å². The molecule has 0 aliphatic rings. The van der Waals surface area contributed by atoms with Crippen molar-refractivity contribution in [3.8, 4) is 33.8 Å². The van der Waals surface area contributed by atoms with Gasteiger partial charge in [0.2, 0.25) is 0 Å². The fraction of sp³-hybridized carbons (Fsp3) is 0.182. The molecule has 3 rings (SSSR count). The van der Waals surface area contributed by atoms with Crippen LogP contribution in [-0.4, -0.2) is 10.2 Å². The molecule has 0 aliphatic carbocycles. The van der Waals surface area contributed by atoms with Crippen molar-refractivity contribution in [1.29, 1.82) is 0 Å². The van der Waals surface area contributed by atoms with Gasteiger partial charge in [-0.05, 0) is 96.5 Å². The first-order valence-corrected chi connectivity index (χ1v) is 8.08. The molecule has 0 heterocycles. The van der Waals surface area contributed by atoms with E-state index in [4.69, 9.17) is 0 Å². The maximum Gasteiger partial charge on any atom is 0.121 e. The first-order valence-electron chi connectivity index (χ1n) is 8.08. The van der Waals surface area contributed by atoms with Gasteiger partial charge in [-0.2, -0.15) is 0 Å². The average Bonchev–Trinajstić information content (AvgIpc) is 2.56. The number of rotatable bonds is 2. The summed E-state index contributed by atoms with van der Waals surface area (Å²) in [6.45, 7) is 7.68. The van der Waals surface area contributed by atoms with Crippen LogP contribution >= 0.6 is 0 Å². The van der Waals surface area contributed by atoms with E-state index in [1.807, 2.05) is 64.1 Å². The van der Waals surface area contributed by atoms with Crippen LogP contribution in [0, 0.1) is 27.7 Å². The summed E-state index contributed by atoms with van der Waals surface area (Å²) in [4.78, 5) is 0. The molecular weight excluding hydrogens is 296 g/mol. The second-order valence-electron chi connectivity index (χ2n) is 6.46. The van der Waals surface area contributed by atoms with E-state index in [2.05, 4.69) is 12.1 Å². The maximum atomic E-state index is 10.0. The van der Waals surface area contributed by atoms with Crippen molar-refractivity contribution >= 4 is 0 Å². The van der Waals surface area contributed by atoms with E-state index in [0.29, 0.717) is 11.5 Å². The van der Waals surface area contributed by atoms with Gasteiger partial charge in [-0.1, -0.05) is 24.3 Å². The lowest BCUT2D eigenvalue weighted by molar-refractivity contribution is 0.466. The highest BCUT2D eigenvalue weighted by molar-refractivity contribution is 5.85. The molecule has 3 aromatic rings. The quantitative estimate of drug-likeness (QED) is 0.639. The lowest BCUT2D eigenvalue weighted by Gasteiger charge is -2.14. The molecule has 0 atom stereocenters. The summed E-state index contributed by atoms with van der Waals surface area (Å²) in [5.74, 6) is 0.708. The van der Waals surface area contributed by atoms with Gasteiger partial charge in [0.05, 0.1) is 0 Å². The third-order valence-electron chi connectivity index (χ3n) is 4.53. The number of aryl methyl sites for hydroxylation is 4. The number of phenolic OH excluding ortho intramolecular Hbond substituents is 2. The Hall–Kier alpha value is -2.74. The van der Waals surface area contributed by atoms with Gasteiger partial charge in [0, 0.05) is 0 Å². The van der Waals surface area contributed by atoms with Crippen LogP contribution < -0.4 is 0 Å². The normalized spacial score (nSPS) is 10.8. The molecular formula is C22H22O2. The van der Waals surface area contributed by atoms with Crippen molar-refractivity contribution in [1.82, 2.24) is 0 Å². The van der Waals surface area contributed by atoms with Gasteiger partial charge in [-0.15, -0.1) is 0 Å². The zero-order valence-electron chi connectivity index (χ0n) is 14.5. The molecule has 0 radical (unpaired) electrons. The molecule has 0 amide bonds. The van der Waals surface area contributed by atoms with Gasteiger partial charge in [-0.3, -0.25) is 0 Å². The number of hydrogen-bond acceptors (Lipinski definition) is 2. The zero-order valence-corrected chi connectivity index (χ0v) is 14.5. The Bertz CT molecular complexity index is 800. The first kappa shape index (κ1) is 16.1. The second kappa shape index (κ2) is 6.04. The van der Waals surface area contributed by atoms with Crippen LogP contribution in [0.1, 0.15) is 22.3 Å². The molecule has 0 aromatic heterocycles. The molecule has 0 saturated heterocycles. The Morgan fingerprint density at radius 1 is 0.542 bits per heavy atom. The first-order chi connectivity index (χ1) is 11.4. The van der Waals surface area contributed by atoms with Gasteiger partial charge >= 0.3 is 0 Å². The molecule has 2 heteroatoms. The summed E-state index contributed by atoms with van der Waals surface area (Å²) >= 11 is 0. The van der Waals surface area contributed by atoms with Crippen LogP contribution in [-0.2, 0) is 0 Å². The smallest absolute Gasteiger partial charge is 0.121 e. The highest BCUT2D eigenvalue weighted by Gasteiger charge is 2.12. The molecule has 3 aromatic carbocycles. The second-order valence-corrected chi connectivity index (χ2v) is 6.46. The third kappa shape index (κ3) is 2.76. The van der Waals surface area contributed by atoms with Gasteiger partial charge in [0.1, 0.15) is 11.5 Å². The van der Waals surface area contributed by atoms with Gasteiger partial charge in [0.25, 0.3) is 0 Å². The molecule has 2 N–H and O–H groups in total. The van der Waals surface area contributed by atoms with Crippen LogP contribution in [0.2, 0.25) is 0 Å². The Kier molecular flexibility index (Phi) is 4.06. The maximum absolute atomic E-state index is 10.0. The molecule has 0 saturated carbocycles. The minimum absolute atomic E-state index is 0.354. The highest BCUT2D eigenvalue weighted by atomic mass is 16.3. The fourth-order valence-corrected chi connectivity index (χ4v) is 3.21. The van der Waals surface area contributed by atoms with E-state index >= 15 is 0 Å². The summed E-state index contributed by atoms with van der Waals surface area (Å²) in [6, 6.07) is 16.3. The molecule has 0 spiro atoms. The number of benzene rings is 3. The largest absolute Gasteiger partial charge is 0.507 e. The predicted octanol–water partition coefficient (Wildman–Crippen LogP) is 5.67. The number of hydrogen-bond donors (Lipinski definition) is 2. The van der Waals surface area contributed by atoms with E-state index in [1.165, 1.54) is 0 Å². The van der Waals surface area contributed by atoms with Crippen LogP contribution in [0.3, 0.4) is 0 Å². The van der Waals surface area contributed by atoms with Gasteiger partial charge in [0.15, 0.2) is 0 Å². The lowest BCUT2D eigenvalue weighted by Crippen LogP contribution is -1.90. The van der Waals surface area contributed by atoms with Gasteiger partial charge in [-0.25, -0.2) is 0 Å². The molecule has 24 heavy (non-hydrogen) atoms. The van der Waals surface area contributed by atoms with Crippen molar-refractivity contribution in [2.45, 2.75) is 27.7 Å². The summed E-state index contributed by atoms with van der Waals surface area (Å²) in [5, 5.41) is 20.1. The van der Waals surface area contributed by atoms with Crippen molar-refractivity contribution in [3.05, 3.63) is 70.8 Å². The summed E-state index contributed by atoms with van der Waals surface area (Å²) in [7, 11) is 0. The van der Waals surface area contributed by atoms with Crippen LogP contribution in [0.15, 0.2) is 48.5 Å². The van der Waals surface area contributed by atoms with Crippen molar-refractivity contribution in [3.63, 3.8) is 0 Å². The predicted molar refractivity (Wildman–Crippen MR) is 99.6 cm³/mol. The molecule has 2 nitrogen and oxygen atoms in total. The van der Waals surface area contributed by atoms with Crippen LogP contribution in [0.5, 0.6) is 11.5 Å². The molecule has 0 aliphatic heterocycles. The van der Waals surface area contributed by atoms with E-state index in [0.717, 1.165) is 44.5 Å². The van der Waals surface area contributed by atoms with Crippen LogP contribution in [0.25, 0.3) is 22.3 Å². The SMILES string of the molecule is Cc1cc(-c2ccccc2-c2cc(C)c(O)c(C)c2)cc(C)c1O. The minimum Gasteiger partial charge on any atom is -0.507 e. The Labute approximate surface area is 143 Å². The average molecular weight is 318 g/mol. The highest BCUT2D eigenvalue weighted by Crippen LogP contribution is 2.37. The molecule has 0 fully saturated rings. The van der Waals surface area contributed by atoms with Crippen molar-refractivity contribution < 1.29 is 10.2 Å². The summed E-state index contributed by atoms with van der Waals surface area (Å²) < 4.78 is 0. The fourth-order valence-electron chi connectivity index (χ4n) is 3.21. The van der Waals surface area contributed by atoms with E-state index in [1.54, 1.807) is 0 Å². The number of aromatic hydroxyl groups is 2. The van der Waals surface area contributed by atoms with E-state index < -0.39 is 0 Å². The Morgan fingerprint density at radius 3 is 1.12 bits per heavy atom. The zero-order chi connectivity index (χ0) is 17.4. The van der Waals surface area contributed by atoms with E-state index in [9.17, 15) is 10.2 Å². The summed E-state index contributed by atoms with van der Waals surface area (Å²) in [5.41, 5.74) is 7.90. The Morgan fingerprint density at radius 2 is 0.833 bits per heavy atom. The molecule has 122 valence electrons. The summed E-state index contributed by atoms with van der Waals surface area (Å²) in [6.07, 6.45) is 0. The Balaban J connectivity index is 2.23. The van der Waals surface area contributed by atoms with Crippen LogP contribution in [0.4, 0.5) is 0 Å². The standard InChI is InChI=1S/C22H22O2/c1-13-9-17(10-14(2)21(13)23)19-7-5-6-8-20(19)18-11-15(3)22(24)16(4)12-18/h5-12,23-24H,1-4H3. The topological polar surface area (TPSA) is 40.5 Å². The molecule has 0 unspecified atom stereocenters.